The summed E-state index contributed by atoms with van der Waals surface area (Å²) in [5.74, 6) is -4.72. The van der Waals surface area contributed by atoms with Crippen molar-refractivity contribution in [3.63, 3.8) is 0 Å². The highest BCUT2D eigenvalue weighted by Crippen LogP contribution is 2.33. The van der Waals surface area contributed by atoms with Crippen LogP contribution in [0.3, 0.4) is 0 Å². The fraction of sp³-hybridized carbons (Fsp3) is 0.778. The summed E-state index contributed by atoms with van der Waals surface area (Å²) in [6, 6.07) is 0. The molecule has 0 saturated heterocycles. The molecule has 0 aliphatic carbocycles. The highest BCUT2D eigenvalue weighted by Gasteiger charge is 2.50. The Hall–Kier alpha value is -0.870. The number of hydrogen-bond acceptors (Lipinski definition) is 2. The molecule has 0 radical (unpaired) electrons. The van der Waals surface area contributed by atoms with Crippen LogP contribution in [0.4, 0.5) is 13.2 Å². The summed E-state index contributed by atoms with van der Waals surface area (Å²) < 4.78 is 36.9. The van der Waals surface area contributed by atoms with E-state index in [0.717, 1.165) is 6.92 Å². The van der Waals surface area contributed by atoms with Crippen molar-refractivity contribution in [3.05, 3.63) is 0 Å². The molecule has 0 aromatic heterocycles. The van der Waals surface area contributed by atoms with Crippen LogP contribution in [0.5, 0.6) is 0 Å². The van der Waals surface area contributed by atoms with Gasteiger partial charge < -0.3 is 0 Å². The van der Waals surface area contributed by atoms with Crippen LogP contribution in [-0.4, -0.2) is 17.7 Å². The molecule has 1 atom stereocenters. The first kappa shape index (κ1) is 13.1. The van der Waals surface area contributed by atoms with Crippen LogP contribution < -0.4 is 0 Å². The molecule has 0 aliphatic heterocycles. The Kier molecular flexibility index (Phi) is 3.48. The lowest BCUT2D eigenvalue weighted by Crippen LogP contribution is -2.42. The molecule has 0 heterocycles. The van der Waals surface area contributed by atoms with E-state index in [4.69, 9.17) is 0 Å². The Balaban J connectivity index is 5.07. The minimum Gasteiger partial charge on any atom is -0.299 e. The number of carbonyl (C=O) groups is 2. The second-order valence-electron chi connectivity index (χ2n) is 4.20. The van der Waals surface area contributed by atoms with Gasteiger partial charge in [0.15, 0.2) is 11.7 Å². The summed E-state index contributed by atoms with van der Waals surface area (Å²) in [5, 5.41) is 0. The standard InChI is InChI=1S/C9H13F3O2/c1-5(13)6(9(10,11)12)7(14)8(2,3)4/h6H,1-4H3. The number of ketones is 2. The lowest BCUT2D eigenvalue weighted by atomic mass is 9.81. The average Bonchev–Trinajstić information content (AvgIpc) is 1.79. The molecule has 14 heavy (non-hydrogen) atoms. The van der Waals surface area contributed by atoms with E-state index in [2.05, 4.69) is 0 Å². The molecule has 0 saturated carbocycles. The third-order valence-electron chi connectivity index (χ3n) is 1.74. The minimum absolute atomic E-state index is 0.780. The van der Waals surface area contributed by atoms with Crippen LogP contribution in [0.15, 0.2) is 0 Å². The van der Waals surface area contributed by atoms with Gasteiger partial charge in [-0.15, -0.1) is 0 Å². The highest BCUT2D eigenvalue weighted by molar-refractivity contribution is 6.04. The third kappa shape index (κ3) is 3.12. The van der Waals surface area contributed by atoms with Crippen molar-refractivity contribution in [2.24, 2.45) is 11.3 Å². The van der Waals surface area contributed by atoms with Crippen molar-refractivity contribution in [2.75, 3.05) is 0 Å². The fourth-order valence-electron chi connectivity index (χ4n) is 0.997. The van der Waals surface area contributed by atoms with Crippen molar-refractivity contribution < 1.29 is 22.8 Å². The minimum atomic E-state index is -4.78. The molecule has 0 N–H and O–H groups in total. The van der Waals surface area contributed by atoms with Crippen LogP contribution in [0.2, 0.25) is 0 Å². The lowest BCUT2D eigenvalue weighted by Gasteiger charge is -2.24. The van der Waals surface area contributed by atoms with Gasteiger partial charge >= 0.3 is 6.18 Å². The number of hydrogen-bond donors (Lipinski definition) is 0. The number of Topliss-reactive ketones (excluding diaryl/α,β-unsaturated/α-hetero) is 2. The maximum Gasteiger partial charge on any atom is 0.405 e. The van der Waals surface area contributed by atoms with Crippen LogP contribution in [0.25, 0.3) is 0 Å². The maximum absolute atomic E-state index is 12.3. The summed E-state index contributed by atoms with van der Waals surface area (Å²) >= 11 is 0. The Morgan fingerprint density at radius 3 is 1.50 bits per heavy atom. The van der Waals surface area contributed by atoms with Crippen LogP contribution >= 0.6 is 0 Å². The van der Waals surface area contributed by atoms with Crippen LogP contribution in [-0.2, 0) is 9.59 Å². The van der Waals surface area contributed by atoms with Gasteiger partial charge in [-0.25, -0.2) is 0 Å². The largest absolute Gasteiger partial charge is 0.405 e. The summed E-state index contributed by atoms with van der Waals surface area (Å²) in [5.41, 5.74) is -1.16. The van der Waals surface area contributed by atoms with Gasteiger partial charge in [0.25, 0.3) is 0 Å². The normalized spacial score (nSPS) is 15.1. The lowest BCUT2D eigenvalue weighted by molar-refractivity contribution is -0.187. The fourth-order valence-corrected chi connectivity index (χ4v) is 0.997. The summed E-state index contributed by atoms with van der Waals surface area (Å²) in [4.78, 5) is 22.0. The smallest absolute Gasteiger partial charge is 0.299 e. The van der Waals surface area contributed by atoms with Crippen molar-refractivity contribution in [2.45, 2.75) is 33.9 Å². The summed E-state index contributed by atoms with van der Waals surface area (Å²) in [6.07, 6.45) is -4.78. The quantitative estimate of drug-likeness (QED) is 0.655. The van der Waals surface area contributed by atoms with Crippen molar-refractivity contribution in [1.82, 2.24) is 0 Å². The molecule has 0 amide bonds. The number of halogens is 3. The van der Waals surface area contributed by atoms with E-state index >= 15 is 0 Å². The van der Waals surface area contributed by atoms with E-state index in [-0.39, 0.29) is 0 Å². The molecule has 0 spiro atoms. The third-order valence-corrected chi connectivity index (χ3v) is 1.74. The Bertz CT molecular complexity index is 248. The first-order chi connectivity index (χ1) is 5.98. The van der Waals surface area contributed by atoms with Gasteiger partial charge in [-0.3, -0.25) is 9.59 Å². The van der Waals surface area contributed by atoms with Gasteiger partial charge in [-0.1, -0.05) is 20.8 Å². The second-order valence-corrected chi connectivity index (χ2v) is 4.20. The zero-order valence-corrected chi connectivity index (χ0v) is 8.53. The molecule has 1 unspecified atom stereocenters. The topological polar surface area (TPSA) is 34.1 Å². The van der Waals surface area contributed by atoms with E-state index in [1.807, 2.05) is 0 Å². The Morgan fingerprint density at radius 2 is 1.43 bits per heavy atom. The van der Waals surface area contributed by atoms with Gasteiger partial charge in [0, 0.05) is 5.41 Å². The zero-order chi connectivity index (χ0) is 11.7. The Morgan fingerprint density at radius 1 is 1.07 bits per heavy atom. The molecule has 0 aromatic carbocycles. The SMILES string of the molecule is CC(=O)C(C(=O)C(C)(C)C)C(F)(F)F. The number of carbonyl (C=O) groups excluding carboxylic acids is 2. The van der Waals surface area contributed by atoms with Crippen LogP contribution in [0.1, 0.15) is 27.7 Å². The molecule has 0 aliphatic rings. The van der Waals surface area contributed by atoms with Crippen molar-refractivity contribution in [1.29, 1.82) is 0 Å². The maximum atomic E-state index is 12.3. The van der Waals surface area contributed by atoms with Gasteiger partial charge in [-0.05, 0) is 6.92 Å². The summed E-state index contributed by atoms with van der Waals surface area (Å²) in [7, 11) is 0. The first-order valence-corrected chi connectivity index (χ1v) is 4.09. The van der Waals surface area contributed by atoms with E-state index in [1.165, 1.54) is 20.8 Å². The molecular weight excluding hydrogens is 197 g/mol. The van der Waals surface area contributed by atoms with Crippen molar-refractivity contribution >= 4 is 11.6 Å². The van der Waals surface area contributed by atoms with Gasteiger partial charge in [0.1, 0.15) is 5.78 Å². The molecule has 0 rings (SSSR count). The van der Waals surface area contributed by atoms with Gasteiger partial charge in [-0.2, -0.15) is 13.2 Å². The van der Waals surface area contributed by atoms with Crippen molar-refractivity contribution in [3.8, 4) is 0 Å². The van der Waals surface area contributed by atoms with Gasteiger partial charge in [0.2, 0.25) is 0 Å². The van der Waals surface area contributed by atoms with Crippen LogP contribution in [0, 0.1) is 11.3 Å². The molecule has 0 aromatic rings. The summed E-state index contributed by atoms with van der Waals surface area (Å²) in [6.45, 7) is 4.85. The predicted molar refractivity (Wildman–Crippen MR) is 44.7 cm³/mol. The van der Waals surface area contributed by atoms with E-state index < -0.39 is 29.1 Å². The number of rotatable bonds is 2. The van der Waals surface area contributed by atoms with E-state index in [9.17, 15) is 22.8 Å². The second kappa shape index (κ2) is 3.71. The van der Waals surface area contributed by atoms with Gasteiger partial charge in [0.05, 0.1) is 0 Å². The molecular formula is C9H13F3O2. The highest BCUT2D eigenvalue weighted by atomic mass is 19.4. The number of alkyl halides is 3. The first-order valence-electron chi connectivity index (χ1n) is 4.09. The molecule has 5 heteroatoms. The predicted octanol–water partition coefficient (Wildman–Crippen LogP) is 2.37. The molecule has 0 bridgehead atoms. The van der Waals surface area contributed by atoms with E-state index in [0.29, 0.717) is 0 Å². The molecule has 82 valence electrons. The van der Waals surface area contributed by atoms with E-state index in [1.54, 1.807) is 0 Å². The monoisotopic (exact) mass is 210 g/mol. The zero-order valence-electron chi connectivity index (χ0n) is 8.53. The molecule has 0 fully saturated rings. The molecule has 2 nitrogen and oxygen atoms in total. The average molecular weight is 210 g/mol. The Labute approximate surface area is 80.5 Å².